The van der Waals surface area contributed by atoms with Crippen LogP contribution in [0.1, 0.15) is 45.6 Å². The second kappa shape index (κ2) is 11.1. The number of hydrogen-bond acceptors (Lipinski definition) is 8. The van der Waals surface area contributed by atoms with E-state index in [0.29, 0.717) is 12.1 Å². The van der Waals surface area contributed by atoms with Crippen molar-refractivity contribution in [1.29, 1.82) is 21.0 Å². The van der Waals surface area contributed by atoms with Gasteiger partial charge in [-0.3, -0.25) is 0 Å². The van der Waals surface area contributed by atoms with Gasteiger partial charge < -0.3 is 0 Å². The SMILES string of the molecule is N#C/C(c1cc(C(F)(F)F)nc(C(F)(F)F)n1)=c1/cc/c(=C(\C#N)c2cc(C(F)(F)F)nc(C(F)(F)F)n2)c(C#N)c1C#N. The molecule has 0 aliphatic rings. The molecule has 8 nitrogen and oxygen atoms in total. The highest BCUT2D eigenvalue weighted by molar-refractivity contribution is 5.79. The summed E-state index contributed by atoms with van der Waals surface area (Å²) in [7, 11) is 0. The first-order chi connectivity index (χ1) is 20.2. The molecule has 0 aliphatic carbocycles. The van der Waals surface area contributed by atoms with E-state index in [-0.39, 0.29) is 12.1 Å². The Balaban J connectivity index is 2.56. The highest BCUT2D eigenvalue weighted by Gasteiger charge is 2.42. The number of halogens is 12. The van der Waals surface area contributed by atoms with E-state index >= 15 is 0 Å². The Kier molecular flexibility index (Phi) is 8.30. The third-order valence-corrected chi connectivity index (χ3v) is 5.24. The fourth-order valence-corrected chi connectivity index (χ4v) is 3.46. The smallest absolute Gasteiger partial charge is 0.224 e. The molecule has 44 heavy (non-hydrogen) atoms. The Bertz CT molecular complexity index is 1750. The zero-order valence-electron chi connectivity index (χ0n) is 20.4. The van der Waals surface area contributed by atoms with Crippen LogP contribution in [-0.4, -0.2) is 19.9 Å². The molecule has 0 N–H and O–H groups in total. The fourth-order valence-electron chi connectivity index (χ4n) is 3.46. The van der Waals surface area contributed by atoms with Crippen LogP contribution in [0.4, 0.5) is 52.7 Å². The third kappa shape index (κ3) is 6.50. The quantitative estimate of drug-likeness (QED) is 0.375. The van der Waals surface area contributed by atoms with E-state index in [0.717, 1.165) is 0 Å². The number of aromatic nitrogens is 4. The number of alkyl halides is 12. The van der Waals surface area contributed by atoms with Gasteiger partial charge in [0.2, 0.25) is 11.6 Å². The molecule has 224 valence electrons. The summed E-state index contributed by atoms with van der Waals surface area (Å²) in [6, 6.07) is 6.23. The maximum atomic E-state index is 13.3. The molecular weight excluding hydrogens is 628 g/mol. The van der Waals surface area contributed by atoms with Crippen LogP contribution in [0.5, 0.6) is 0 Å². The van der Waals surface area contributed by atoms with Crippen molar-refractivity contribution in [3.63, 3.8) is 0 Å². The summed E-state index contributed by atoms with van der Waals surface area (Å²) in [4.78, 5) is 10.6. The minimum atomic E-state index is -5.56. The Labute approximate surface area is 234 Å². The van der Waals surface area contributed by atoms with Crippen molar-refractivity contribution >= 4 is 11.1 Å². The van der Waals surface area contributed by atoms with Crippen molar-refractivity contribution in [2.45, 2.75) is 24.7 Å². The number of hydrogen-bond donors (Lipinski definition) is 0. The lowest BCUT2D eigenvalue weighted by molar-refractivity contribution is -0.154. The van der Waals surface area contributed by atoms with Gasteiger partial charge in [0.15, 0.2) is 0 Å². The van der Waals surface area contributed by atoms with Crippen LogP contribution in [0.3, 0.4) is 0 Å². The Morgan fingerprint density at radius 2 is 0.818 bits per heavy atom. The molecule has 2 heterocycles. The van der Waals surface area contributed by atoms with Gasteiger partial charge in [0.1, 0.15) is 35.7 Å². The van der Waals surface area contributed by atoms with E-state index in [4.69, 9.17) is 0 Å². The van der Waals surface area contributed by atoms with Crippen LogP contribution >= 0.6 is 0 Å². The largest absolute Gasteiger partial charge is 0.451 e. The Hall–Kier alpha value is -5.76. The number of nitriles is 4. The highest BCUT2D eigenvalue weighted by Crippen LogP contribution is 2.34. The van der Waals surface area contributed by atoms with Crippen LogP contribution < -0.4 is 10.4 Å². The topological polar surface area (TPSA) is 147 Å². The van der Waals surface area contributed by atoms with Crippen LogP contribution in [0.25, 0.3) is 11.1 Å². The molecule has 3 rings (SSSR count). The first-order valence-corrected chi connectivity index (χ1v) is 10.8. The predicted octanol–water partition coefficient (Wildman–Crippen LogP) is 4.53. The molecule has 0 saturated carbocycles. The Morgan fingerprint density at radius 1 is 0.500 bits per heavy atom. The van der Waals surface area contributed by atoms with Gasteiger partial charge >= 0.3 is 24.7 Å². The summed E-state index contributed by atoms with van der Waals surface area (Å²) in [6.07, 6.45) is -22.1. The first-order valence-electron chi connectivity index (χ1n) is 10.8. The Morgan fingerprint density at radius 3 is 1.05 bits per heavy atom. The summed E-state index contributed by atoms with van der Waals surface area (Å²) in [5.41, 5.74) is -11.3. The molecule has 0 spiro atoms. The molecule has 2 aromatic heterocycles. The van der Waals surface area contributed by atoms with Crippen LogP contribution in [0.2, 0.25) is 0 Å². The zero-order chi connectivity index (χ0) is 33.4. The lowest BCUT2D eigenvalue weighted by Gasteiger charge is -2.12. The van der Waals surface area contributed by atoms with Gasteiger partial charge in [-0.25, -0.2) is 19.9 Å². The molecule has 0 saturated heterocycles. The maximum absolute atomic E-state index is 13.3. The van der Waals surface area contributed by atoms with Crippen molar-refractivity contribution < 1.29 is 52.7 Å². The number of nitrogens with zero attached hydrogens (tertiary/aromatic N) is 8. The van der Waals surface area contributed by atoms with Crippen molar-refractivity contribution in [1.82, 2.24) is 19.9 Å². The minimum absolute atomic E-state index is 0.0695. The van der Waals surface area contributed by atoms with Crippen molar-refractivity contribution in [2.24, 2.45) is 0 Å². The van der Waals surface area contributed by atoms with Gasteiger partial charge in [-0.05, 0) is 12.1 Å². The van der Waals surface area contributed by atoms with E-state index in [1.807, 2.05) is 0 Å². The molecule has 0 fully saturated rings. The first kappa shape index (κ1) is 32.8. The molecule has 0 aliphatic heterocycles. The lowest BCUT2D eigenvalue weighted by atomic mass is 9.96. The van der Waals surface area contributed by atoms with Gasteiger partial charge in [-0.1, -0.05) is 12.1 Å². The monoisotopic (exact) mass is 632 g/mol. The van der Waals surface area contributed by atoms with E-state index < -0.39 is 91.8 Å². The molecule has 0 amide bonds. The summed E-state index contributed by atoms with van der Waals surface area (Å²) >= 11 is 0. The molecule has 0 atom stereocenters. The maximum Gasteiger partial charge on any atom is 0.451 e. The lowest BCUT2D eigenvalue weighted by Crippen LogP contribution is -2.25. The second-order valence-electron chi connectivity index (χ2n) is 8.02. The van der Waals surface area contributed by atoms with E-state index in [1.54, 1.807) is 0 Å². The summed E-state index contributed by atoms with van der Waals surface area (Å²) < 4.78 is 159. The molecule has 0 unspecified atom stereocenters. The summed E-state index contributed by atoms with van der Waals surface area (Å²) in [6.45, 7) is 0. The van der Waals surface area contributed by atoms with Crippen molar-refractivity contribution in [3.8, 4) is 24.3 Å². The fraction of sp³-hybridized carbons (Fsp3) is 0.167. The summed E-state index contributed by atoms with van der Waals surface area (Å²) in [5, 5.41) is 37.0. The minimum Gasteiger partial charge on any atom is -0.224 e. The van der Waals surface area contributed by atoms with E-state index in [9.17, 15) is 73.7 Å². The number of rotatable bonds is 2. The standard InChI is InChI=1S/C24H4F12N8/c25-21(26,27)17-3-15(41-19(43-17)23(31,32)33)13(7-39)9-1-2-10(12(6-38)11(9)5-37)14(8-40)16-4-18(22(28,29)30)44-20(42-16)24(34,35)36/h1-4H/b13-9-,14-10+. The van der Waals surface area contributed by atoms with E-state index in [2.05, 4.69) is 19.9 Å². The molecule has 3 aromatic rings. The van der Waals surface area contributed by atoms with Gasteiger partial charge in [0.25, 0.3) is 0 Å². The van der Waals surface area contributed by atoms with Crippen LogP contribution in [0, 0.1) is 45.3 Å². The van der Waals surface area contributed by atoms with Gasteiger partial charge in [-0.15, -0.1) is 0 Å². The summed E-state index contributed by atoms with van der Waals surface area (Å²) in [5.74, 6) is -4.67. The molecule has 0 radical (unpaired) electrons. The van der Waals surface area contributed by atoms with E-state index in [1.165, 1.54) is 24.3 Å². The van der Waals surface area contributed by atoms with Crippen LogP contribution in [-0.2, 0) is 24.7 Å². The van der Waals surface area contributed by atoms with Crippen LogP contribution in [0.15, 0.2) is 24.3 Å². The molecule has 20 heteroatoms. The zero-order valence-corrected chi connectivity index (χ0v) is 20.4. The van der Waals surface area contributed by atoms with Gasteiger partial charge in [-0.2, -0.15) is 73.7 Å². The normalized spacial score (nSPS) is 13.6. The number of benzene rings is 1. The van der Waals surface area contributed by atoms with Gasteiger partial charge in [0, 0.05) is 10.4 Å². The van der Waals surface area contributed by atoms with Crippen molar-refractivity contribution in [2.75, 3.05) is 0 Å². The highest BCUT2D eigenvalue weighted by atomic mass is 19.4. The molecule has 1 aromatic carbocycles. The van der Waals surface area contributed by atoms with Gasteiger partial charge in [0.05, 0.1) is 33.7 Å². The van der Waals surface area contributed by atoms with Crippen molar-refractivity contribution in [3.05, 3.63) is 80.3 Å². The molecule has 0 bridgehead atoms. The average molecular weight is 632 g/mol. The third-order valence-electron chi connectivity index (χ3n) is 5.24. The predicted molar refractivity (Wildman–Crippen MR) is 115 cm³/mol. The average Bonchev–Trinajstić information content (AvgIpc) is 2.91. The second-order valence-corrected chi connectivity index (χ2v) is 8.02. The molecular formula is C24H4F12N8.